The molecule has 0 aliphatic carbocycles. The van der Waals surface area contributed by atoms with Gasteiger partial charge >= 0.3 is 0 Å². The first-order valence-corrected chi connectivity index (χ1v) is 6.48. The summed E-state index contributed by atoms with van der Waals surface area (Å²) in [6.07, 6.45) is 5.29. The summed E-state index contributed by atoms with van der Waals surface area (Å²) in [5, 5.41) is 0. The number of ketones is 1. The van der Waals surface area contributed by atoms with E-state index in [0.717, 1.165) is 14.5 Å². The Morgan fingerprint density at radius 2 is 1.94 bits per heavy atom. The SMILES string of the molecule is O=C(Cc1cncc(Br)c1)c1ccc(Br)cn1. The molecule has 0 radical (unpaired) electrons. The molecule has 0 N–H and O–H groups in total. The number of hydrogen-bond donors (Lipinski definition) is 0. The molecule has 0 saturated carbocycles. The fraction of sp³-hybridized carbons (Fsp3) is 0.0833. The van der Waals surface area contributed by atoms with Gasteiger partial charge in [-0.05, 0) is 55.6 Å². The zero-order valence-electron chi connectivity index (χ0n) is 8.73. The molecule has 0 fully saturated rings. The lowest BCUT2D eigenvalue weighted by atomic mass is 10.1. The van der Waals surface area contributed by atoms with Crippen molar-refractivity contribution in [3.8, 4) is 0 Å². The molecule has 2 aromatic heterocycles. The predicted molar refractivity (Wildman–Crippen MR) is 71.9 cm³/mol. The monoisotopic (exact) mass is 354 g/mol. The molecule has 0 saturated heterocycles. The number of Topliss-reactive ketones (excluding diaryl/α,β-unsaturated/α-hetero) is 1. The van der Waals surface area contributed by atoms with Crippen molar-refractivity contribution >= 4 is 37.6 Å². The van der Waals surface area contributed by atoms with Gasteiger partial charge in [-0.15, -0.1) is 0 Å². The van der Waals surface area contributed by atoms with Crippen LogP contribution in [-0.2, 0) is 6.42 Å². The van der Waals surface area contributed by atoms with Crippen LogP contribution in [0.3, 0.4) is 0 Å². The van der Waals surface area contributed by atoms with Crippen LogP contribution >= 0.6 is 31.9 Å². The minimum atomic E-state index is -0.0163. The van der Waals surface area contributed by atoms with E-state index in [2.05, 4.69) is 41.8 Å². The van der Waals surface area contributed by atoms with Gasteiger partial charge in [0.15, 0.2) is 5.78 Å². The Labute approximate surface area is 116 Å². The quantitative estimate of drug-likeness (QED) is 0.792. The van der Waals surface area contributed by atoms with Crippen LogP contribution in [-0.4, -0.2) is 15.8 Å². The molecule has 0 aliphatic heterocycles. The van der Waals surface area contributed by atoms with Gasteiger partial charge in [-0.1, -0.05) is 0 Å². The molecule has 0 unspecified atom stereocenters. The van der Waals surface area contributed by atoms with E-state index in [1.807, 2.05) is 6.07 Å². The van der Waals surface area contributed by atoms with E-state index in [9.17, 15) is 4.79 Å². The lowest BCUT2D eigenvalue weighted by Gasteiger charge is -2.01. The fourth-order valence-electron chi connectivity index (χ4n) is 1.37. The predicted octanol–water partition coefficient (Wildman–Crippen LogP) is 3.43. The van der Waals surface area contributed by atoms with E-state index in [1.165, 1.54) is 0 Å². The summed E-state index contributed by atoms with van der Waals surface area (Å²) in [4.78, 5) is 20.0. The first kappa shape index (κ1) is 12.4. The molecular formula is C12H8Br2N2O. The number of halogens is 2. The number of aromatic nitrogens is 2. The van der Waals surface area contributed by atoms with Gasteiger partial charge < -0.3 is 0 Å². The molecule has 0 bridgehead atoms. The standard InChI is InChI=1S/C12H8Br2N2O/c13-9-1-2-11(16-7-9)12(17)4-8-3-10(14)6-15-5-8/h1-3,5-7H,4H2. The first-order chi connectivity index (χ1) is 8.15. The third-order valence-corrected chi connectivity index (χ3v) is 3.04. The summed E-state index contributed by atoms with van der Waals surface area (Å²) >= 11 is 6.60. The van der Waals surface area contributed by atoms with Crippen molar-refractivity contribution in [1.82, 2.24) is 9.97 Å². The van der Waals surface area contributed by atoms with E-state index in [0.29, 0.717) is 12.1 Å². The van der Waals surface area contributed by atoms with Crippen LogP contribution in [0, 0.1) is 0 Å². The van der Waals surface area contributed by atoms with Crippen molar-refractivity contribution < 1.29 is 4.79 Å². The van der Waals surface area contributed by atoms with E-state index < -0.39 is 0 Å². The molecule has 0 aromatic carbocycles. The van der Waals surface area contributed by atoms with Crippen molar-refractivity contribution in [2.75, 3.05) is 0 Å². The average Bonchev–Trinajstić information content (AvgIpc) is 2.29. The highest BCUT2D eigenvalue weighted by molar-refractivity contribution is 9.10. The molecule has 17 heavy (non-hydrogen) atoms. The Morgan fingerprint density at radius 3 is 2.59 bits per heavy atom. The van der Waals surface area contributed by atoms with Gasteiger partial charge in [0.25, 0.3) is 0 Å². The van der Waals surface area contributed by atoms with Crippen LogP contribution in [0.1, 0.15) is 16.1 Å². The number of nitrogens with zero attached hydrogens (tertiary/aromatic N) is 2. The summed E-state index contributed by atoms with van der Waals surface area (Å²) in [7, 11) is 0. The van der Waals surface area contributed by atoms with Crippen LogP contribution < -0.4 is 0 Å². The summed E-state index contributed by atoms with van der Waals surface area (Å²) in [5.74, 6) is -0.0163. The van der Waals surface area contributed by atoms with Gasteiger partial charge in [-0.2, -0.15) is 0 Å². The van der Waals surface area contributed by atoms with E-state index in [-0.39, 0.29) is 5.78 Å². The lowest BCUT2D eigenvalue weighted by molar-refractivity contribution is 0.0988. The van der Waals surface area contributed by atoms with Crippen molar-refractivity contribution in [3.63, 3.8) is 0 Å². The van der Waals surface area contributed by atoms with Crippen LogP contribution in [0.4, 0.5) is 0 Å². The molecule has 2 aromatic rings. The number of rotatable bonds is 3. The zero-order chi connectivity index (χ0) is 12.3. The summed E-state index contributed by atoms with van der Waals surface area (Å²) in [6, 6.07) is 5.39. The van der Waals surface area contributed by atoms with Gasteiger partial charge in [0.05, 0.1) is 0 Å². The Kier molecular flexibility index (Phi) is 4.02. The minimum absolute atomic E-state index is 0.0163. The minimum Gasteiger partial charge on any atom is -0.292 e. The van der Waals surface area contributed by atoms with E-state index in [4.69, 9.17) is 0 Å². The molecule has 86 valence electrons. The molecule has 2 rings (SSSR count). The maximum Gasteiger partial charge on any atom is 0.185 e. The van der Waals surface area contributed by atoms with Crippen molar-refractivity contribution in [2.45, 2.75) is 6.42 Å². The normalized spacial score (nSPS) is 10.2. The maximum atomic E-state index is 11.9. The lowest BCUT2D eigenvalue weighted by Crippen LogP contribution is -2.05. The second kappa shape index (κ2) is 5.51. The summed E-state index contributed by atoms with van der Waals surface area (Å²) < 4.78 is 1.73. The molecule has 0 amide bonds. The van der Waals surface area contributed by atoms with E-state index in [1.54, 1.807) is 30.7 Å². The van der Waals surface area contributed by atoms with Crippen molar-refractivity contribution in [2.24, 2.45) is 0 Å². The maximum absolute atomic E-state index is 11.9. The van der Waals surface area contributed by atoms with Gasteiger partial charge in [0, 0.05) is 34.0 Å². The molecular weight excluding hydrogens is 348 g/mol. The third-order valence-electron chi connectivity index (χ3n) is 2.14. The van der Waals surface area contributed by atoms with Gasteiger partial charge in [0.2, 0.25) is 0 Å². The fourth-order valence-corrected chi connectivity index (χ4v) is 2.02. The first-order valence-electron chi connectivity index (χ1n) is 4.89. The average molecular weight is 356 g/mol. The summed E-state index contributed by atoms with van der Waals surface area (Å²) in [6.45, 7) is 0. The number of hydrogen-bond acceptors (Lipinski definition) is 3. The highest BCUT2D eigenvalue weighted by Gasteiger charge is 2.08. The third kappa shape index (κ3) is 3.44. The van der Waals surface area contributed by atoms with E-state index >= 15 is 0 Å². The van der Waals surface area contributed by atoms with Crippen LogP contribution in [0.15, 0.2) is 45.7 Å². The highest BCUT2D eigenvalue weighted by Crippen LogP contribution is 2.13. The van der Waals surface area contributed by atoms with Crippen molar-refractivity contribution in [3.05, 3.63) is 57.0 Å². The Hall–Kier alpha value is -1.07. The number of carbonyl (C=O) groups excluding carboxylic acids is 1. The topological polar surface area (TPSA) is 42.9 Å². The smallest absolute Gasteiger partial charge is 0.185 e. The van der Waals surface area contributed by atoms with Gasteiger partial charge in [-0.3, -0.25) is 14.8 Å². The Morgan fingerprint density at radius 1 is 1.12 bits per heavy atom. The van der Waals surface area contributed by atoms with Crippen LogP contribution in [0.2, 0.25) is 0 Å². The second-order valence-corrected chi connectivity index (χ2v) is 5.30. The van der Waals surface area contributed by atoms with Crippen LogP contribution in [0.5, 0.6) is 0 Å². The van der Waals surface area contributed by atoms with Crippen LogP contribution in [0.25, 0.3) is 0 Å². The molecule has 0 atom stereocenters. The largest absolute Gasteiger partial charge is 0.292 e. The number of carbonyl (C=O) groups is 1. The Balaban J connectivity index is 2.14. The Bertz CT molecular complexity index is 540. The second-order valence-electron chi connectivity index (χ2n) is 3.47. The molecule has 0 aliphatic rings. The van der Waals surface area contributed by atoms with Crippen molar-refractivity contribution in [1.29, 1.82) is 0 Å². The highest BCUT2D eigenvalue weighted by atomic mass is 79.9. The molecule has 3 nitrogen and oxygen atoms in total. The molecule has 0 spiro atoms. The number of pyridine rings is 2. The zero-order valence-corrected chi connectivity index (χ0v) is 11.9. The molecule has 2 heterocycles. The van der Waals surface area contributed by atoms with Gasteiger partial charge in [0.1, 0.15) is 5.69 Å². The van der Waals surface area contributed by atoms with Gasteiger partial charge in [-0.25, -0.2) is 0 Å². The molecule has 5 heteroatoms. The summed E-state index contributed by atoms with van der Waals surface area (Å²) in [5.41, 5.74) is 1.34.